The van der Waals surface area contributed by atoms with Crippen molar-refractivity contribution in [2.75, 3.05) is 11.9 Å². The summed E-state index contributed by atoms with van der Waals surface area (Å²) in [6.07, 6.45) is -5.47. The molecule has 8 heteroatoms. The summed E-state index contributed by atoms with van der Waals surface area (Å²) in [7, 11) is 0. The Bertz CT molecular complexity index is 561. The first-order chi connectivity index (χ1) is 10.6. The summed E-state index contributed by atoms with van der Waals surface area (Å²) in [5.74, 6) is -2.13. The second-order valence-electron chi connectivity index (χ2n) is 5.37. The van der Waals surface area contributed by atoms with Crippen LogP contribution in [0.1, 0.15) is 19.4 Å². The van der Waals surface area contributed by atoms with Gasteiger partial charge in [0.15, 0.2) is 0 Å². The van der Waals surface area contributed by atoms with E-state index in [1.165, 1.54) is 24.3 Å². The molecule has 1 aromatic carbocycles. The summed E-state index contributed by atoms with van der Waals surface area (Å²) in [6.45, 7) is 3.18. The lowest BCUT2D eigenvalue weighted by atomic mass is 10.1. The number of hydrogen-bond donors (Lipinski definition) is 3. The molecular formula is C15H19F3N2O3. The molecule has 0 saturated heterocycles. The molecule has 0 spiro atoms. The minimum atomic E-state index is -4.35. The van der Waals surface area contributed by atoms with Crippen LogP contribution in [0.25, 0.3) is 0 Å². The predicted molar refractivity (Wildman–Crippen MR) is 78.7 cm³/mol. The average molecular weight is 332 g/mol. The predicted octanol–water partition coefficient (Wildman–Crippen LogP) is 1.86. The highest BCUT2D eigenvalue weighted by Gasteiger charge is 2.27. The Labute approximate surface area is 131 Å². The molecule has 2 unspecified atom stereocenters. The normalized spacial score (nSPS) is 14.0. The van der Waals surface area contributed by atoms with Crippen LogP contribution < -0.4 is 10.6 Å². The molecule has 1 rings (SSSR count). The number of halogens is 3. The van der Waals surface area contributed by atoms with Crippen LogP contribution in [-0.4, -0.2) is 35.7 Å². The summed E-state index contributed by atoms with van der Waals surface area (Å²) in [4.78, 5) is 23.5. The number of anilines is 1. The molecule has 5 nitrogen and oxygen atoms in total. The van der Waals surface area contributed by atoms with Crippen LogP contribution in [0.4, 0.5) is 18.9 Å². The van der Waals surface area contributed by atoms with Crippen LogP contribution >= 0.6 is 0 Å². The standard InChI is InChI=1S/C15H19F3N2O3/c1-9(8-21)10(2)19-13(22)14(23)20-12-5-3-4-11(6-12)7-15(16,17)18/h3-6,9-10,21H,7-8H2,1-2H3,(H,19,22)(H,20,23). The minimum Gasteiger partial charge on any atom is -0.396 e. The Morgan fingerprint density at radius 3 is 2.43 bits per heavy atom. The largest absolute Gasteiger partial charge is 0.396 e. The van der Waals surface area contributed by atoms with E-state index < -0.39 is 30.5 Å². The number of carbonyl (C=O) groups excluding carboxylic acids is 2. The summed E-state index contributed by atoms with van der Waals surface area (Å²) >= 11 is 0. The van der Waals surface area contributed by atoms with E-state index in [0.717, 1.165) is 0 Å². The lowest BCUT2D eigenvalue weighted by molar-refractivity contribution is -0.136. The summed E-state index contributed by atoms with van der Waals surface area (Å²) in [5.41, 5.74) is 0.0905. The first-order valence-corrected chi connectivity index (χ1v) is 7.00. The van der Waals surface area contributed by atoms with Crippen molar-refractivity contribution in [2.24, 2.45) is 5.92 Å². The fraction of sp³-hybridized carbons (Fsp3) is 0.467. The number of benzene rings is 1. The Kier molecular flexibility index (Phi) is 6.56. The van der Waals surface area contributed by atoms with Crippen molar-refractivity contribution in [2.45, 2.75) is 32.5 Å². The summed E-state index contributed by atoms with van der Waals surface area (Å²) < 4.78 is 37.0. The third-order valence-corrected chi connectivity index (χ3v) is 3.30. The number of hydrogen-bond acceptors (Lipinski definition) is 3. The van der Waals surface area contributed by atoms with Crippen molar-refractivity contribution in [3.8, 4) is 0 Å². The minimum absolute atomic E-state index is 0.0158. The third kappa shape index (κ3) is 6.68. The molecule has 0 bridgehead atoms. The molecule has 0 fully saturated rings. The molecule has 0 aliphatic heterocycles. The first kappa shape index (κ1) is 19.0. The van der Waals surface area contributed by atoms with Crippen molar-refractivity contribution in [3.05, 3.63) is 29.8 Å². The number of carbonyl (C=O) groups is 2. The smallest absolute Gasteiger partial charge is 0.393 e. The van der Waals surface area contributed by atoms with Crippen LogP contribution in [0.5, 0.6) is 0 Å². The Morgan fingerprint density at radius 2 is 1.87 bits per heavy atom. The molecular weight excluding hydrogens is 313 g/mol. The second kappa shape index (κ2) is 7.96. The monoisotopic (exact) mass is 332 g/mol. The van der Waals surface area contributed by atoms with Gasteiger partial charge in [-0.2, -0.15) is 13.2 Å². The van der Waals surface area contributed by atoms with E-state index in [4.69, 9.17) is 5.11 Å². The second-order valence-corrected chi connectivity index (χ2v) is 5.37. The lowest BCUT2D eigenvalue weighted by Gasteiger charge is -2.18. The SMILES string of the molecule is CC(CO)C(C)NC(=O)C(=O)Nc1cccc(CC(F)(F)F)c1. The molecule has 1 aromatic rings. The van der Waals surface area contributed by atoms with E-state index in [9.17, 15) is 22.8 Å². The van der Waals surface area contributed by atoms with Gasteiger partial charge in [-0.1, -0.05) is 19.1 Å². The summed E-state index contributed by atoms with van der Waals surface area (Å²) in [6, 6.07) is 4.79. The fourth-order valence-electron chi connectivity index (χ4n) is 1.75. The van der Waals surface area contributed by atoms with Crippen molar-refractivity contribution in [1.82, 2.24) is 5.32 Å². The van der Waals surface area contributed by atoms with E-state index in [1.54, 1.807) is 13.8 Å². The van der Waals surface area contributed by atoms with Crippen LogP contribution in [-0.2, 0) is 16.0 Å². The molecule has 0 aliphatic rings. The molecule has 3 N–H and O–H groups in total. The van der Waals surface area contributed by atoms with E-state index in [-0.39, 0.29) is 23.8 Å². The van der Waals surface area contributed by atoms with Crippen LogP contribution in [0.3, 0.4) is 0 Å². The van der Waals surface area contributed by atoms with Gasteiger partial charge in [0.1, 0.15) is 0 Å². The fourth-order valence-corrected chi connectivity index (χ4v) is 1.75. The number of aliphatic hydroxyl groups excluding tert-OH is 1. The number of alkyl halides is 3. The number of nitrogens with one attached hydrogen (secondary N) is 2. The average Bonchev–Trinajstić information content (AvgIpc) is 2.44. The quantitative estimate of drug-likeness (QED) is 0.720. The van der Waals surface area contributed by atoms with Crippen LogP contribution in [0.2, 0.25) is 0 Å². The molecule has 0 aromatic heterocycles. The van der Waals surface area contributed by atoms with Gasteiger partial charge < -0.3 is 15.7 Å². The third-order valence-electron chi connectivity index (χ3n) is 3.30. The van der Waals surface area contributed by atoms with Crippen molar-refractivity contribution in [3.63, 3.8) is 0 Å². The number of rotatable bonds is 5. The van der Waals surface area contributed by atoms with Gasteiger partial charge in [-0.05, 0) is 30.5 Å². The van der Waals surface area contributed by atoms with Gasteiger partial charge in [0.25, 0.3) is 0 Å². The van der Waals surface area contributed by atoms with Gasteiger partial charge in [0.2, 0.25) is 0 Å². The van der Waals surface area contributed by atoms with Gasteiger partial charge in [-0.3, -0.25) is 9.59 Å². The highest BCUT2D eigenvalue weighted by molar-refractivity contribution is 6.39. The van der Waals surface area contributed by atoms with Gasteiger partial charge in [0, 0.05) is 18.3 Å². The van der Waals surface area contributed by atoms with Gasteiger partial charge >= 0.3 is 18.0 Å². The molecule has 128 valence electrons. The molecule has 2 amide bonds. The van der Waals surface area contributed by atoms with Gasteiger partial charge in [-0.25, -0.2) is 0 Å². The summed E-state index contributed by atoms with van der Waals surface area (Å²) in [5, 5.41) is 13.6. The molecule has 0 radical (unpaired) electrons. The number of amides is 2. The zero-order chi connectivity index (χ0) is 17.6. The maximum absolute atomic E-state index is 12.3. The van der Waals surface area contributed by atoms with E-state index in [1.807, 2.05) is 0 Å². The maximum Gasteiger partial charge on any atom is 0.393 e. The zero-order valence-electron chi connectivity index (χ0n) is 12.8. The maximum atomic E-state index is 12.3. The van der Waals surface area contributed by atoms with Crippen molar-refractivity contribution < 1.29 is 27.9 Å². The van der Waals surface area contributed by atoms with E-state index in [0.29, 0.717) is 0 Å². The highest BCUT2D eigenvalue weighted by Crippen LogP contribution is 2.22. The van der Waals surface area contributed by atoms with Crippen molar-refractivity contribution in [1.29, 1.82) is 0 Å². The first-order valence-electron chi connectivity index (χ1n) is 7.00. The van der Waals surface area contributed by atoms with Crippen LogP contribution in [0, 0.1) is 5.92 Å². The molecule has 0 heterocycles. The lowest BCUT2D eigenvalue weighted by Crippen LogP contribution is -2.44. The molecule has 2 atom stereocenters. The van der Waals surface area contributed by atoms with E-state index >= 15 is 0 Å². The van der Waals surface area contributed by atoms with E-state index in [2.05, 4.69) is 10.6 Å². The van der Waals surface area contributed by atoms with Crippen molar-refractivity contribution >= 4 is 17.5 Å². The van der Waals surface area contributed by atoms with Crippen LogP contribution in [0.15, 0.2) is 24.3 Å². The number of aliphatic hydroxyl groups is 1. The highest BCUT2D eigenvalue weighted by atomic mass is 19.4. The molecule has 0 aliphatic carbocycles. The van der Waals surface area contributed by atoms with Gasteiger partial charge in [-0.15, -0.1) is 0 Å². The Hall–Kier alpha value is -2.09. The topological polar surface area (TPSA) is 78.4 Å². The molecule has 23 heavy (non-hydrogen) atoms. The Balaban J connectivity index is 2.67. The Morgan fingerprint density at radius 1 is 1.22 bits per heavy atom. The molecule has 0 saturated carbocycles. The zero-order valence-corrected chi connectivity index (χ0v) is 12.8. The van der Waals surface area contributed by atoms with Gasteiger partial charge in [0.05, 0.1) is 6.42 Å².